The maximum absolute atomic E-state index is 11.6. The summed E-state index contributed by atoms with van der Waals surface area (Å²) in [6.45, 7) is 1.72. The quantitative estimate of drug-likeness (QED) is 0.610. The summed E-state index contributed by atoms with van der Waals surface area (Å²) >= 11 is 3.79. The molecule has 0 radical (unpaired) electrons. The van der Waals surface area contributed by atoms with Crippen molar-refractivity contribution in [1.29, 1.82) is 0 Å². The van der Waals surface area contributed by atoms with Crippen LogP contribution < -0.4 is 0 Å². The molecule has 2 heterocycles. The molecule has 4 aliphatic rings. The van der Waals surface area contributed by atoms with Gasteiger partial charge >= 0.3 is 0 Å². The summed E-state index contributed by atoms with van der Waals surface area (Å²) in [6, 6.07) is 1.08. The summed E-state index contributed by atoms with van der Waals surface area (Å²) in [4.78, 5) is 14.3. The number of hydrogen-bond acceptors (Lipinski definition) is 1. The Morgan fingerprint density at radius 2 is 2.07 bits per heavy atom. The van der Waals surface area contributed by atoms with E-state index in [0.717, 1.165) is 11.8 Å². The van der Waals surface area contributed by atoms with E-state index in [9.17, 15) is 4.79 Å². The number of hydrogen-bond donors (Lipinski definition) is 0. The normalized spacial score (nSPS) is 49.9. The maximum atomic E-state index is 11.6. The van der Waals surface area contributed by atoms with Crippen molar-refractivity contribution in [3.63, 3.8) is 0 Å². The molecule has 0 aromatic heterocycles. The highest BCUT2D eigenvalue weighted by Crippen LogP contribution is 2.51. The summed E-state index contributed by atoms with van der Waals surface area (Å²) in [5.41, 5.74) is 0. The average molecular weight is 258 g/mol. The van der Waals surface area contributed by atoms with Crippen molar-refractivity contribution in [3.8, 4) is 0 Å². The molecule has 1 amide bonds. The van der Waals surface area contributed by atoms with Gasteiger partial charge in [0.05, 0.1) is 0 Å². The zero-order chi connectivity index (χ0) is 9.87. The van der Waals surface area contributed by atoms with Gasteiger partial charge in [0, 0.05) is 23.8 Å². The van der Waals surface area contributed by atoms with Gasteiger partial charge in [-0.05, 0) is 37.5 Å². The minimum absolute atomic E-state index is 0.281. The number of piperidine rings is 2. The maximum Gasteiger partial charge on any atom is 0.219 e. The molecule has 78 valence electrons. The molecule has 5 atom stereocenters. The van der Waals surface area contributed by atoms with Crippen molar-refractivity contribution in [2.24, 2.45) is 11.8 Å². The highest BCUT2D eigenvalue weighted by atomic mass is 79.9. The smallest absolute Gasteiger partial charge is 0.219 e. The first-order valence-corrected chi connectivity index (χ1v) is 6.51. The van der Waals surface area contributed by atoms with Crippen molar-refractivity contribution in [2.75, 3.05) is 0 Å². The van der Waals surface area contributed by atoms with E-state index in [1.54, 1.807) is 6.92 Å². The van der Waals surface area contributed by atoms with Crippen molar-refractivity contribution < 1.29 is 4.79 Å². The molecule has 5 unspecified atom stereocenters. The van der Waals surface area contributed by atoms with E-state index in [1.807, 2.05) is 0 Å². The number of amides is 1. The Morgan fingerprint density at radius 3 is 2.79 bits per heavy atom. The van der Waals surface area contributed by atoms with Gasteiger partial charge in [0.2, 0.25) is 5.91 Å². The van der Waals surface area contributed by atoms with Crippen LogP contribution in [0.5, 0.6) is 0 Å². The first kappa shape index (κ1) is 9.20. The molecule has 2 aliphatic carbocycles. The number of carbonyl (C=O) groups excluding carboxylic acids is 1. The van der Waals surface area contributed by atoms with Gasteiger partial charge < -0.3 is 4.90 Å². The Balaban J connectivity index is 1.93. The third-order valence-corrected chi connectivity index (χ3v) is 5.68. The predicted molar refractivity (Wildman–Crippen MR) is 58.3 cm³/mol. The number of halogens is 1. The van der Waals surface area contributed by atoms with Crippen LogP contribution in [0.2, 0.25) is 0 Å². The van der Waals surface area contributed by atoms with E-state index in [0.29, 0.717) is 16.9 Å². The predicted octanol–water partition coefficient (Wildman–Crippen LogP) is 2.17. The second-order valence-electron chi connectivity index (χ2n) is 5.16. The lowest BCUT2D eigenvalue weighted by molar-refractivity contribution is -0.145. The van der Waals surface area contributed by atoms with Gasteiger partial charge in [-0.1, -0.05) is 15.9 Å². The van der Waals surface area contributed by atoms with Crippen LogP contribution >= 0.6 is 15.9 Å². The van der Waals surface area contributed by atoms with Crippen molar-refractivity contribution in [2.45, 2.75) is 49.5 Å². The Morgan fingerprint density at radius 1 is 1.29 bits per heavy atom. The van der Waals surface area contributed by atoms with Crippen LogP contribution in [0.1, 0.15) is 32.6 Å². The Kier molecular flexibility index (Phi) is 1.95. The molecule has 0 N–H and O–H groups in total. The molecule has 2 saturated carbocycles. The molecule has 4 rings (SSSR count). The minimum Gasteiger partial charge on any atom is -0.336 e. The number of rotatable bonds is 0. The van der Waals surface area contributed by atoms with Gasteiger partial charge in [-0.15, -0.1) is 0 Å². The lowest BCUT2D eigenvalue weighted by Gasteiger charge is -2.58. The van der Waals surface area contributed by atoms with Crippen molar-refractivity contribution in [3.05, 3.63) is 0 Å². The van der Waals surface area contributed by atoms with Gasteiger partial charge in [-0.25, -0.2) is 0 Å². The van der Waals surface area contributed by atoms with E-state index in [-0.39, 0.29) is 5.91 Å². The summed E-state index contributed by atoms with van der Waals surface area (Å²) < 4.78 is 0. The molecule has 3 heteroatoms. The molecule has 0 aromatic rings. The largest absolute Gasteiger partial charge is 0.336 e. The van der Waals surface area contributed by atoms with Gasteiger partial charge in [-0.2, -0.15) is 0 Å². The van der Waals surface area contributed by atoms with Gasteiger partial charge in [-0.3, -0.25) is 4.79 Å². The summed E-state index contributed by atoms with van der Waals surface area (Å²) in [5.74, 6) is 2.03. The third-order valence-electron chi connectivity index (χ3n) is 4.32. The molecule has 4 bridgehead atoms. The first-order chi connectivity index (χ1) is 6.66. The lowest BCUT2D eigenvalue weighted by Crippen LogP contribution is -2.64. The molecule has 2 nitrogen and oxygen atoms in total. The third kappa shape index (κ3) is 1.11. The van der Waals surface area contributed by atoms with E-state index < -0.39 is 0 Å². The van der Waals surface area contributed by atoms with Crippen LogP contribution in [0.4, 0.5) is 0 Å². The van der Waals surface area contributed by atoms with E-state index in [1.165, 1.54) is 25.7 Å². The number of nitrogens with zero attached hydrogens (tertiary/aromatic N) is 1. The second kappa shape index (κ2) is 2.97. The summed E-state index contributed by atoms with van der Waals surface area (Å²) in [5, 5.41) is 0. The van der Waals surface area contributed by atoms with Crippen LogP contribution in [0.15, 0.2) is 0 Å². The van der Waals surface area contributed by atoms with E-state index in [2.05, 4.69) is 20.8 Å². The van der Waals surface area contributed by atoms with E-state index >= 15 is 0 Å². The first-order valence-electron chi connectivity index (χ1n) is 5.59. The zero-order valence-corrected chi connectivity index (χ0v) is 10.0. The fourth-order valence-electron chi connectivity index (χ4n) is 3.94. The van der Waals surface area contributed by atoms with Crippen LogP contribution in [0, 0.1) is 11.8 Å². The topological polar surface area (TPSA) is 20.3 Å². The molecular weight excluding hydrogens is 242 g/mol. The molecule has 0 spiro atoms. The van der Waals surface area contributed by atoms with Gasteiger partial charge in [0.25, 0.3) is 0 Å². The van der Waals surface area contributed by atoms with Gasteiger partial charge in [0.15, 0.2) is 0 Å². The fourth-order valence-corrected chi connectivity index (χ4v) is 4.85. The molecule has 2 aliphatic heterocycles. The van der Waals surface area contributed by atoms with Crippen molar-refractivity contribution >= 4 is 21.8 Å². The molecular formula is C11H16BrNO. The van der Waals surface area contributed by atoms with Crippen LogP contribution in [0.3, 0.4) is 0 Å². The van der Waals surface area contributed by atoms with Crippen LogP contribution in [-0.4, -0.2) is 27.7 Å². The lowest BCUT2D eigenvalue weighted by atomic mass is 9.63. The Labute approximate surface area is 93.2 Å². The van der Waals surface area contributed by atoms with Crippen LogP contribution in [0.25, 0.3) is 0 Å². The van der Waals surface area contributed by atoms with Crippen molar-refractivity contribution in [1.82, 2.24) is 4.90 Å². The zero-order valence-electron chi connectivity index (χ0n) is 8.45. The summed E-state index contributed by atoms with van der Waals surface area (Å²) in [7, 11) is 0. The molecule has 2 saturated heterocycles. The molecule has 14 heavy (non-hydrogen) atoms. The highest BCUT2D eigenvalue weighted by molar-refractivity contribution is 9.09. The van der Waals surface area contributed by atoms with Gasteiger partial charge in [0.1, 0.15) is 0 Å². The Hall–Kier alpha value is -0.0500. The molecule has 0 aromatic carbocycles. The second-order valence-corrected chi connectivity index (χ2v) is 6.22. The monoisotopic (exact) mass is 257 g/mol. The standard InChI is InChI=1S/C11H16BrNO/c1-6(14)13-9-3-7-2-8(5-9)11(12)10(13)4-7/h7-11H,2-5H2,1H3. The molecule has 4 fully saturated rings. The SMILES string of the molecule is CC(=O)N1C2CC3CC(C2)C(Br)C1C3. The Bertz CT molecular complexity index is 280. The number of carbonyl (C=O) groups is 1. The number of alkyl halides is 1. The summed E-state index contributed by atoms with van der Waals surface area (Å²) in [6.07, 6.45) is 5.14. The minimum atomic E-state index is 0.281. The highest BCUT2D eigenvalue weighted by Gasteiger charge is 2.52. The van der Waals surface area contributed by atoms with Crippen LogP contribution in [-0.2, 0) is 4.79 Å². The fraction of sp³-hybridized carbons (Fsp3) is 0.909. The van der Waals surface area contributed by atoms with E-state index in [4.69, 9.17) is 0 Å². The average Bonchev–Trinajstić information content (AvgIpc) is 2.12.